The summed E-state index contributed by atoms with van der Waals surface area (Å²) >= 11 is 5.85. The SMILES string of the molecule is O=C(/C=C/c1ccc(Cl)cc1)Nc1ccc2oc(-c3ccncc3)nc2c1. The molecule has 0 aliphatic rings. The molecule has 4 aromatic rings. The van der Waals surface area contributed by atoms with Gasteiger partial charge in [-0.25, -0.2) is 4.98 Å². The summed E-state index contributed by atoms with van der Waals surface area (Å²) in [7, 11) is 0. The Balaban J connectivity index is 1.50. The zero-order valence-corrected chi connectivity index (χ0v) is 14.9. The Morgan fingerprint density at radius 3 is 2.59 bits per heavy atom. The van der Waals surface area contributed by atoms with Crippen LogP contribution in [0.15, 0.2) is 77.5 Å². The summed E-state index contributed by atoms with van der Waals surface area (Å²) in [5.41, 5.74) is 3.70. The quantitative estimate of drug-likeness (QED) is 0.498. The highest BCUT2D eigenvalue weighted by Crippen LogP contribution is 2.25. The predicted octanol–water partition coefficient (Wildman–Crippen LogP) is 5.20. The van der Waals surface area contributed by atoms with Crippen LogP contribution in [0.1, 0.15) is 5.56 Å². The highest BCUT2D eigenvalue weighted by atomic mass is 35.5. The van der Waals surface area contributed by atoms with Crippen molar-refractivity contribution in [1.29, 1.82) is 0 Å². The van der Waals surface area contributed by atoms with Crippen molar-refractivity contribution in [3.63, 3.8) is 0 Å². The number of benzene rings is 2. The summed E-state index contributed by atoms with van der Waals surface area (Å²) in [4.78, 5) is 20.6. The normalized spacial score (nSPS) is 11.1. The second kappa shape index (κ2) is 7.43. The third-order valence-corrected chi connectivity index (χ3v) is 4.13. The molecule has 0 saturated heterocycles. The molecule has 27 heavy (non-hydrogen) atoms. The molecule has 0 unspecified atom stereocenters. The summed E-state index contributed by atoms with van der Waals surface area (Å²) in [5.74, 6) is 0.278. The molecule has 132 valence electrons. The summed E-state index contributed by atoms with van der Waals surface area (Å²) in [6, 6.07) is 16.2. The first-order chi connectivity index (χ1) is 13.2. The van der Waals surface area contributed by atoms with E-state index in [1.54, 1.807) is 48.8 Å². The zero-order chi connectivity index (χ0) is 18.6. The van der Waals surface area contributed by atoms with E-state index in [1.807, 2.05) is 24.3 Å². The number of nitrogens with one attached hydrogen (secondary N) is 1. The standard InChI is InChI=1S/C21H14ClN3O2/c22-16-4-1-14(2-5-16)3-8-20(26)24-17-6-7-19-18(13-17)25-21(27-19)15-9-11-23-12-10-15/h1-13H,(H,24,26)/b8-3+. The Morgan fingerprint density at radius 2 is 1.81 bits per heavy atom. The Hall–Kier alpha value is -3.44. The molecular formula is C21H14ClN3O2. The molecular weight excluding hydrogens is 362 g/mol. The number of aromatic nitrogens is 2. The molecule has 1 N–H and O–H groups in total. The molecule has 1 amide bonds. The van der Waals surface area contributed by atoms with Gasteiger partial charge in [-0.1, -0.05) is 23.7 Å². The predicted molar refractivity (Wildman–Crippen MR) is 106 cm³/mol. The van der Waals surface area contributed by atoms with Crippen molar-refractivity contribution >= 4 is 40.4 Å². The molecule has 0 aliphatic heterocycles. The second-order valence-electron chi connectivity index (χ2n) is 5.81. The van der Waals surface area contributed by atoms with Gasteiger partial charge in [0, 0.05) is 34.7 Å². The maximum atomic E-state index is 12.1. The number of fused-ring (bicyclic) bond motifs is 1. The van der Waals surface area contributed by atoms with Crippen molar-refractivity contribution in [2.45, 2.75) is 0 Å². The van der Waals surface area contributed by atoms with E-state index in [2.05, 4.69) is 15.3 Å². The maximum Gasteiger partial charge on any atom is 0.248 e. The van der Waals surface area contributed by atoms with Crippen molar-refractivity contribution in [1.82, 2.24) is 9.97 Å². The van der Waals surface area contributed by atoms with Crippen LogP contribution in [0.5, 0.6) is 0 Å². The number of pyridine rings is 1. The zero-order valence-electron chi connectivity index (χ0n) is 14.1. The molecule has 0 radical (unpaired) electrons. The fourth-order valence-electron chi connectivity index (χ4n) is 2.55. The first-order valence-corrected chi connectivity index (χ1v) is 8.61. The molecule has 0 atom stereocenters. The van der Waals surface area contributed by atoms with E-state index in [9.17, 15) is 4.79 Å². The fraction of sp³-hybridized carbons (Fsp3) is 0. The monoisotopic (exact) mass is 375 g/mol. The van der Waals surface area contributed by atoms with Gasteiger partial charge in [-0.05, 0) is 54.1 Å². The minimum Gasteiger partial charge on any atom is -0.436 e. The minimum atomic E-state index is -0.234. The van der Waals surface area contributed by atoms with E-state index >= 15 is 0 Å². The fourth-order valence-corrected chi connectivity index (χ4v) is 2.68. The molecule has 0 saturated carbocycles. The van der Waals surface area contributed by atoms with Gasteiger partial charge >= 0.3 is 0 Å². The number of rotatable bonds is 4. The third-order valence-electron chi connectivity index (χ3n) is 3.88. The number of amides is 1. The highest BCUT2D eigenvalue weighted by molar-refractivity contribution is 6.30. The van der Waals surface area contributed by atoms with E-state index < -0.39 is 0 Å². The molecule has 6 heteroatoms. The largest absolute Gasteiger partial charge is 0.436 e. The van der Waals surface area contributed by atoms with Gasteiger partial charge in [0.2, 0.25) is 11.8 Å². The van der Waals surface area contributed by atoms with Crippen LogP contribution in [0, 0.1) is 0 Å². The highest BCUT2D eigenvalue weighted by Gasteiger charge is 2.09. The molecule has 4 rings (SSSR count). The van der Waals surface area contributed by atoms with Crippen molar-refractivity contribution in [3.8, 4) is 11.5 Å². The van der Waals surface area contributed by atoms with Crippen LogP contribution in [0.4, 0.5) is 5.69 Å². The number of hydrogen-bond acceptors (Lipinski definition) is 4. The lowest BCUT2D eigenvalue weighted by atomic mass is 10.2. The van der Waals surface area contributed by atoms with Crippen LogP contribution in [0.25, 0.3) is 28.6 Å². The summed E-state index contributed by atoms with van der Waals surface area (Å²) in [6.07, 6.45) is 6.56. The van der Waals surface area contributed by atoms with E-state index in [-0.39, 0.29) is 5.91 Å². The topological polar surface area (TPSA) is 68.0 Å². The van der Waals surface area contributed by atoms with E-state index in [0.29, 0.717) is 27.7 Å². The lowest BCUT2D eigenvalue weighted by Gasteiger charge is -2.01. The summed E-state index contributed by atoms with van der Waals surface area (Å²) in [6.45, 7) is 0. The van der Waals surface area contributed by atoms with Crippen LogP contribution in [-0.2, 0) is 4.79 Å². The van der Waals surface area contributed by atoms with Gasteiger partial charge in [-0.3, -0.25) is 9.78 Å². The Morgan fingerprint density at radius 1 is 1.04 bits per heavy atom. The van der Waals surface area contributed by atoms with Gasteiger partial charge in [-0.2, -0.15) is 0 Å². The number of carbonyl (C=O) groups is 1. The third kappa shape index (κ3) is 4.04. The number of oxazole rings is 1. The van der Waals surface area contributed by atoms with Crippen LogP contribution in [0.2, 0.25) is 5.02 Å². The number of hydrogen-bond donors (Lipinski definition) is 1. The van der Waals surface area contributed by atoms with Gasteiger partial charge < -0.3 is 9.73 Å². The molecule has 2 heterocycles. The smallest absolute Gasteiger partial charge is 0.248 e. The molecule has 2 aromatic carbocycles. The van der Waals surface area contributed by atoms with Crippen LogP contribution in [-0.4, -0.2) is 15.9 Å². The number of carbonyl (C=O) groups excluding carboxylic acids is 1. The summed E-state index contributed by atoms with van der Waals surface area (Å²) in [5, 5.41) is 3.48. The van der Waals surface area contributed by atoms with Crippen LogP contribution in [0.3, 0.4) is 0 Å². The van der Waals surface area contributed by atoms with Gasteiger partial charge in [-0.15, -0.1) is 0 Å². The van der Waals surface area contributed by atoms with E-state index in [4.69, 9.17) is 16.0 Å². The van der Waals surface area contributed by atoms with Gasteiger partial charge in [0.25, 0.3) is 0 Å². The lowest BCUT2D eigenvalue weighted by Crippen LogP contribution is -2.07. The first kappa shape index (κ1) is 17.0. The minimum absolute atomic E-state index is 0.234. The maximum absolute atomic E-state index is 12.1. The van der Waals surface area contributed by atoms with Crippen molar-refractivity contribution in [2.75, 3.05) is 5.32 Å². The van der Waals surface area contributed by atoms with Crippen molar-refractivity contribution in [2.24, 2.45) is 0 Å². The van der Waals surface area contributed by atoms with Gasteiger partial charge in [0.1, 0.15) is 5.52 Å². The number of anilines is 1. The van der Waals surface area contributed by atoms with E-state index in [1.165, 1.54) is 6.08 Å². The van der Waals surface area contributed by atoms with Crippen molar-refractivity contribution in [3.05, 3.63) is 83.7 Å². The molecule has 2 aromatic heterocycles. The molecule has 5 nitrogen and oxygen atoms in total. The first-order valence-electron chi connectivity index (χ1n) is 8.23. The van der Waals surface area contributed by atoms with Crippen LogP contribution < -0.4 is 5.32 Å². The van der Waals surface area contributed by atoms with Crippen LogP contribution >= 0.6 is 11.6 Å². The van der Waals surface area contributed by atoms with E-state index in [0.717, 1.165) is 11.1 Å². The Kier molecular flexibility index (Phi) is 4.68. The summed E-state index contributed by atoms with van der Waals surface area (Å²) < 4.78 is 5.75. The van der Waals surface area contributed by atoms with Gasteiger partial charge in [0.15, 0.2) is 5.58 Å². The lowest BCUT2D eigenvalue weighted by molar-refractivity contribution is -0.111. The molecule has 0 bridgehead atoms. The molecule has 0 aliphatic carbocycles. The number of halogens is 1. The van der Waals surface area contributed by atoms with Gasteiger partial charge in [0.05, 0.1) is 0 Å². The average Bonchev–Trinajstić information content (AvgIpc) is 3.12. The molecule has 0 fully saturated rings. The van der Waals surface area contributed by atoms with Crippen molar-refractivity contribution < 1.29 is 9.21 Å². The molecule has 0 spiro atoms. The average molecular weight is 376 g/mol. The number of nitrogens with zero attached hydrogens (tertiary/aromatic N) is 2. The Bertz CT molecular complexity index is 1120. The second-order valence-corrected chi connectivity index (χ2v) is 6.25. The Labute approximate surface area is 160 Å².